The van der Waals surface area contributed by atoms with Crippen LogP contribution >= 0.6 is 0 Å². The Morgan fingerprint density at radius 1 is 1.21 bits per heavy atom. The molecule has 0 atom stereocenters. The van der Waals surface area contributed by atoms with Crippen molar-refractivity contribution in [1.82, 2.24) is 9.80 Å². The van der Waals surface area contributed by atoms with Gasteiger partial charge in [-0.05, 0) is 37.8 Å². The predicted molar refractivity (Wildman–Crippen MR) is 76.2 cm³/mol. The summed E-state index contributed by atoms with van der Waals surface area (Å²) in [7, 11) is 0. The van der Waals surface area contributed by atoms with Gasteiger partial charge in [0.25, 0.3) is 5.91 Å². The molecule has 1 aromatic carbocycles. The number of hydrogen-bond donors (Lipinski definition) is 0. The number of amides is 1. The van der Waals surface area contributed by atoms with Crippen LogP contribution in [0.2, 0.25) is 0 Å². The Hall–Kier alpha value is -1.35. The van der Waals surface area contributed by atoms with Crippen LogP contribution in [-0.2, 0) is 0 Å². The van der Waals surface area contributed by atoms with Crippen molar-refractivity contribution in [2.45, 2.75) is 19.8 Å². The van der Waals surface area contributed by atoms with Crippen LogP contribution in [0.5, 0.6) is 0 Å². The van der Waals surface area contributed by atoms with Gasteiger partial charge in [0.15, 0.2) is 0 Å². The number of benzene rings is 1. The highest BCUT2D eigenvalue weighted by Gasteiger charge is 2.27. The zero-order valence-electron chi connectivity index (χ0n) is 11.6. The normalized spacial score (nSPS) is 20.6. The van der Waals surface area contributed by atoms with Crippen LogP contribution in [0.25, 0.3) is 0 Å². The van der Waals surface area contributed by atoms with Crippen LogP contribution in [0.4, 0.5) is 0 Å². The third-order valence-electron chi connectivity index (χ3n) is 4.14. The van der Waals surface area contributed by atoms with Crippen LogP contribution in [0, 0.1) is 12.8 Å². The molecule has 19 heavy (non-hydrogen) atoms. The maximum atomic E-state index is 12.4. The number of aryl methyl sites for hydroxylation is 1. The predicted octanol–water partition coefficient (Wildman–Crippen LogP) is 2.16. The molecule has 0 radical (unpaired) electrons. The van der Waals surface area contributed by atoms with E-state index in [1.807, 2.05) is 36.1 Å². The lowest BCUT2D eigenvalue weighted by atomic mass is 10.1. The Bertz CT molecular complexity index is 460. The van der Waals surface area contributed by atoms with Crippen LogP contribution in [0.3, 0.4) is 0 Å². The van der Waals surface area contributed by atoms with E-state index in [0.717, 1.165) is 43.2 Å². The van der Waals surface area contributed by atoms with Crippen molar-refractivity contribution in [1.29, 1.82) is 0 Å². The molecule has 3 nitrogen and oxygen atoms in total. The fourth-order valence-corrected chi connectivity index (χ4v) is 2.76. The molecule has 1 saturated carbocycles. The summed E-state index contributed by atoms with van der Waals surface area (Å²) in [4.78, 5) is 16.9. The Balaban J connectivity index is 1.56. The van der Waals surface area contributed by atoms with Gasteiger partial charge in [0, 0.05) is 38.3 Å². The Labute approximate surface area is 115 Å². The van der Waals surface area contributed by atoms with Gasteiger partial charge in [-0.25, -0.2) is 0 Å². The fraction of sp³-hybridized carbons (Fsp3) is 0.562. The second kappa shape index (κ2) is 5.33. The number of rotatable bonds is 3. The zero-order valence-corrected chi connectivity index (χ0v) is 11.6. The molecule has 1 aliphatic heterocycles. The summed E-state index contributed by atoms with van der Waals surface area (Å²) < 4.78 is 0. The molecule has 3 heteroatoms. The van der Waals surface area contributed by atoms with Crippen molar-refractivity contribution in [3.63, 3.8) is 0 Å². The molecular weight excluding hydrogens is 236 g/mol. The maximum Gasteiger partial charge on any atom is 0.253 e. The molecule has 2 fully saturated rings. The lowest BCUT2D eigenvalue weighted by Crippen LogP contribution is -2.49. The third kappa shape index (κ3) is 3.16. The summed E-state index contributed by atoms with van der Waals surface area (Å²) in [5, 5.41) is 0. The van der Waals surface area contributed by atoms with E-state index in [0.29, 0.717) is 0 Å². The monoisotopic (exact) mass is 258 g/mol. The summed E-state index contributed by atoms with van der Waals surface area (Å²) in [5.74, 6) is 1.13. The van der Waals surface area contributed by atoms with Crippen molar-refractivity contribution >= 4 is 5.91 Å². The van der Waals surface area contributed by atoms with Crippen LogP contribution in [0.1, 0.15) is 28.8 Å². The van der Waals surface area contributed by atoms with Gasteiger partial charge in [-0.2, -0.15) is 0 Å². The van der Waals surface area contributed by atoms with E-state index in [-0.39, 0.29) is 5.91 Å². The minimum atomic E-state index is 0.190. The fourth-order valence-electron chi connectivity index (χ4n) is 2.76. The third-order valence-corrected chi connectivity index (χ3v) is 4.14. The van der Waals surface area contributed by atoms with Crippen molar-refractivity contribution in [2.75, 3.05) is 32.7 Å². The van der Waals surface area contributed by atoms with E-state index in [4.69, 9.17) is 0 Å². The molecule has 0 spiro atoms. The second-order valence-electron chi connectivity index (χ2n) is 5.91. The zero-order chi connectivity index (χ0) is 13.2. The molecule has 0 bridgehead atoms. The average molecular weight is 258 g/mol. The first-order valence-corrected chi connectivity index (χ1v) is 7.30. The smallest absolute Gasteiger partial charge is 0.253 e. The molecule has 0 N–H and O–H groups in total. The molecule has 0 unspecified atom stereocenters. The number of carbonyl (C=O) groups is 1. The van der Waals surface area contributed by atoms with E-state index in [1.54, 1.807) is 0 Å². The minimum absolute atomic E-state index is 0.190. The number of piperazine rings is 1. The number of carbonyl (C=O) groups excluding carboxylic acids is 1. The van der Waals surface area contributed by atoms with Crippen LogP contribution in [-0.4, -0.2) is 48.4 Å². The molecule has 1 saturated heterocycles. The first-order valence-electron chi connectivity index (χ1n) is 7.30. The summed E-state index contributed by atoms with van der Waals surface area (Å²) in [6.45, 7) is 7.10. The maximum absolute atomic E-state index is 12.4. The summed E-state index contributed by atoms with van der Waals surface area (Å²) in [6.07, 6.45) is 2.81. The molecule has 1 aromatic rings. The van der Waals surface area contributed by atoms with Gasteiger partial charge in [0.05, 0.1) is 0 Å². The Kier molecular flexibility index (Phi) is 3.56. The van der Waals surface area contributed by atoms with Gasteiger partial charge in [-0.3, -0.25) is 9.69 Å². The highest BCUT2D eigenvalue weighted by Crippen LogP contribution is 2.29. The lowest BCUT2D eigenvalue weighted by molar-refractivity contribution is 0.0632. The summed E-state index contributed by atoms with van der Waals surface area (Å²) in [6, 6.07) is 7.90. The molecule has 1 heterocycles. The van der Waals surface area contributed by atoms with Crippen LogP contribution < -0.4 is 0 Å². The van der Waals surface area contributed by atoms with Gasteiger partial charge in [-0.1, -0.05) is 17.7 Å². The molecule has 2 aliphatic rings. The van der Waals surface area contributed by atoms with Crippen molar-refractivity contribution < 1.29 is 4.79 Å². The van der Waals surface area contributed by atoms with Crippen molar-refractivity contribution in [2.24, 2.45) is 5.92 Å². The van der Waals surface area contributed by atoms with Gasteiger partial charge >= 0.3 is 0 Å². The molecule has 0 aromatic heterocycles. The largest absolute Gasteiger partial charge is 0.336 e. The summed E-state index contributed by atoms with van der Waals surface area (Å²) >= 11 is 0. The first kappa shape index (κ1) is 12.7. The van der Waals surface area contributed by atoms with Crippen LogP contribution in [0.15, 0.2) is 24.3 Å². The van der Waals surface area contributed by atoms with E-state index in [9.17, 15) is 4.79 Å². The summed E-state index contributed by atoms with van der Waals surface area (Å²) in [5.41, 5.74) is 1.98. The molecular formula is C16H22N2O. The van der Waals surface area contributed by atoms with Crippen molar-refractivity contribution in [3.05, 3.63) is 35.4 Å². The average Bonchev–Trinajstić information content (AvgIpc) is 3.23. The number of hydrogen-bond acceptors (Lipinski definition) is 2. The van der Waals surface area contributed by atoms with Gasteiger partial charge < -0.3 is 4.90 Å². The lowest BCUT2D eigenvalue weighted by Gasteiger charge is -2.34. The standard InChI is InChI=1S/C16H22N2O/c1-13-3-2-4-15(11-13)16(19)18-9-7-17(8-10-18)12-14-5-6-14/h2-4,11,14H,5-10,12H2,1H3. The SMILES string of the molecule is Cc1cccc(C(=O)N2CCN(CC3CC3)CC2)c1. The molecule has 1 aliphatic carbocycles. The molecule has 102 valence electrons. The Morgan fingerprint density at radius 2 is 1.95 bits per heavy atom. The minimum Gasteiger partial charge on any atom is -0.336 e. The quantitative estimate of drug-likeness (QED) is 0.829. The topological polar surface area (TPSA) is 23.6 Å². The molecule has 1 amide bonds. The second-order valence-corrected chi connectivity index (χ2v) is 5.91. The first-order chi connectivity index (χ1) is 9.22. The number of nitrogens with zero attached hydrogens (tertiary/aromatic N) is 2. The highest BCUT2D eigenvalue weighted by molar-refractivity contribution is 5.94. The van der Waals surface area contributed by atoms with E-state index < -0.39 is 0 Å². The van der Waals surface area contributed by atoms with Gasteiger partial charge in [0.1, 0.15) is 0 Å². The van der Waals surface area contributed by atoms with E-state index >= 15 is 0 Å². The van der Waals surface area contributed by atoms with E-state index in [2.05, 4.69) is 4.90 Å². The van der Waals surface area contributed by atoms with Gasteiger partial charge in [0.2, 0.25) is 0 Å². The van der Waals surface area contributed by atoms with E-state index in [1.165, 1.54) is 19.4 Å². The van der Waals surface area contributed by atoms with Crippen molar-refractivity contribution in [3.8, 4) is 0 Å². The molecule has 3 rings (SSSR count). The van der Waals surface area contributed by atoms with Gasteiger partial charge in [-0.15, -0.1) is 0 Å². The highest BCUT2D eigenvalue weighted by atomic mass is 16.2. The Morgan fingerprint density at radius 3 is 2.58 bits per heavy atom.